The fourth-order valence-electron chi connectivity index (χ4n) is 3.43. The van der Waals surface area contributed by atoms with Gasteiger partial charge in [-0.05, 0) is 40.0 Å². The third-order valence-corrected chi connectivity index (χ3v) is 4.50. The number of hydrogen-bond acceptors (Lipinski definition) is 4. The quantitative estimate of drug-likeness (QED) is 0.876. The number of carbonyl (C=O) groups is 1. The van der Waals surface area contributed by atoms with Crippen LogP contribution in [0.3, 0.4) is 0 Å². The van der Waals surface area contributed by atoms with Gasteiger partial charge in [-0.2, -0.15) is 0 Å². The number of amides is 1. The minimum atomic E-state index is -0.177. The Labute approximate surface area is 118 Å². The van der Waals surface area contributed by atoms with Crippen molar-refractivity contribution in [3.05, 3.63) is 12.2 Å². The lowest BCUT2D eigenvalue weighted by Crippen LogP contribution is -2.37. The van der Waals surface area contributed by atoms with Crippen LogP contribution in [0.1, 0.15) is 50.7 Å². The second kappa shape index (κ2) is 4.55. The molecule has 2 aliphatic heterocycles. The zero-order valence-electron chi connectivity index (χ0n) is 12.3. The number of aliphatic hydroxyl groups is 1. The highest BCUT2D eigenvalue weighted by atomic mass is 16.3. The highest BCUT2D eigenvalue weighted by Gasteiger charge is 2.49. The molecule has 2 saturated heterocycles. The van der Waals surface area contributed by atoms with Gasteiger partial charge < -0.3 is 10.0 Å². The Morgan fingerprint density at radius 1 is 1.45 bits per heavy atom. The van der Waals surface area contributed by atoms with Gasteiger partial charge in [0.15, 0.2) is 0 Å². The molecule has 1 aromatic heterocycles. The molecule has 110 valence electrons. The van der Waals surface area contributed by atoms with Crippen molar-refractivity contribution in [2.24, 2.45) is 5.92 Å². The molecular formula is C14H22N4O2. The largest absolute Gasteiger partial charge is 0.396 e. The minimum absolute atomic E-state index is 0.0866. The Balaban J connectivity index is 1.82. The molecule has 0 aromatic carbocycles. The van der Waals surface area contributed by atoms with Gasteiger partial charge in [0.05, 0.1) is 5.54 Å². The number of rotatable bonds is 2. The Morgan fingerprint density at radius 2 is 2.20 bits per heavy atom. The minimum Gasteiger partial charge on any atom is -0.396 e. The van der Waals surface area contributed by atoms with Gasteiger partial charge in [-0.15, -0.1) is 5.10 Å². The van der Waals surface area contributed by atoms with Crippen molar-refractivity contribution < 1.29 is 9.90 Å². The van der Waals surface area contributed by atoms with Crippen LogP contribution in [0, 0.1) is 5.92 Å². The normalized spacial score (nSPS) is 29.2. The van der Waals surface area contributed by atoms with Crippen LogP contribution in [-0.4, -0.2) is 49.4 Å². The Morgan fingerprint density at radius 3 is 2.75 bits per heavy atom. The van der Waals surface area contributed by atoms with Crippen LogP contribution >= 0.6 is 0 Å². The molecule has 20 heavy (non-hydrogen) atoms. The lowest BCUT2D eigenvalue weighted by atomic mass is 9.90. The summed E-state index contributed by atoms with van der Waals surface area (Å²) in [5.74, 6) is 0.411. The summed E-state index contributed by atoms with van der Waals surface area (Å²) < 4.78 is 1.72. The maximum absolute atomic E-state index is 12.6. The first-order chi connectivity index (χ1) is 9.41. The van der Waals surface area contributed by atoms with Crippen molar-refractivity contribution in [3.63, 3.8) is 0 Å². The van der Waals surface area contributed by atoms with Crippen LogP contribution in [-0.2, 0) is 5.54 Å². The molecule has 0 aliphatic carbocycles. The smallest absolute Gasteiger partial charge is 0.294 e. The Bertz CT molecular complexity index is 519. The lowest BCUT2D eigenvalue weighted by Gasteiger charge is -2.22. The summed E-state index contributed by atoms with van der Waals surface area (Å²) in [5.41, 5.74) is -0.177. The number of aliphatic hydroxyl groups excluding tert-OH is 1. The van der Waals surface area contributed by atoms with Gasteiger partial charge in [-0.25, -0.2) is 9.67 Å². The summed E-state index contributed by atoms with van der Waals surface area (Å²) in [6.07, 6.45) is 4.55. The van der Waals surface area contributed by atoms with Crippen LogP contribution in [0.2, 0.25) is 0 Å². The van der Waals surface area contributed by atoms with E-state index >= 15 is 0 Å². The molecule has 2 aliphatic rings. The number of hydrogen-bond donors (Lipinski definition) is 1. The van der Waals surface area contributed by atoms with E-state index in [0.29, 0.717) is 0 Å². The molecule has 1 aromatic rings. The summed E-state index contributed by atoms with van der Waals surface area (Å²) in [4.78, 5) is 18.7. The van der Waals surface area contributed by atoms with Crippen molar-refractivity contribution in [3.8, 4) is 0 Å². The van der Waals surface area contributed by atoms with E-state index in [9.17, 15) is 9.90 Å². The van der Waals surface area contributed by atoms with Crippen molar-refractivity contribution in [1.82, 2.24) is 19.7 Å². The second-order valence-corrected chi connectivity index (χ2v) is 6.87. The Hall–Kier alpha value is -1.43. The van der Waals surface area contributed by atoms with Crippen molar-refractivity contribution in [2.75, 3.05) is 6.61 Å². The van der Waals surface area contributed by atoms with E-state index in [1.807, 2.05) is 25.7 Å². The summed E-state index contributed by atoms with van der Waals surface area (Å²) in [7, 11) is 0. The number of carbonyl (C=O) groups excluding carboxylic acids is 1. The summed E-state index contributed by atoms with van der Waals surface area (Å²) in [6, 6.07) is 0.422. The van der Waals surface area contributed by atoms with Crippen LogP contribution in [0.15, 0.2) is 6.33 Å². The van der Waals surface area contributed by atoms with Gasteiger partial charge in [0.1, 0.15) is 6.33 Å². The molecule has 6 heteroatoms. The third-order valence-electron chi connectivity index (χ3n) is 4.50. The second-order valence-electron chi connectivity index (χ2n) is 6.87. The Kier molecular flexibility index (Phi) is 3.08. The molecule has 2 fully saturated rings. The summed E-state index contributed by atoms with van der Waals surface area (Å²) >= 11 is 0. The average Bonchev–Trinajstić information content (AvgIpc) is 3.10. The fourth-order valence-corrected chi connectivity index (χ4v) is 3.43. The van der Waals surface area contributed by atoms with Crippen LogP contribution in [0.25, 0.3) is 0 Å². The van der Waals surface area contributed by atoms with Crippen molar-refractivity contribution in [2.45, 2.75) is 57.7 Å². The monoisotopic (exact) mass is 278 g/mol. The standard InChI is InChI=1S/C14H22N4O2/c1-14(2,3)17-8-15-12(16-17)13(20)18-10-4-5-11(18)9(6-10)7-19/h8-11,19H,4-7H2,1-3H3. The zero-order valence-corrected chi connectivity index (χ0v) is 12.3. The van der Waals surface area contributed by atoms with E-state index < -0.39 is 0 Å². The van der Waals surface area contributed by atoms with Gasteiger partial charge in [0, 0.05) is 24.6 Å². The molecule has 3 atom stereocenters. The maximum atomic E-state index is 12.6. The molecule has 0 saturated carbocycles. The van der Waals surface area contributed by atoms with E-state index in [4.69, 9.17) is 0 Å². The van der Waals surface area contributed by atoms with Crippen LogP contribution in [0.4, 0.5) is 0 Å². The predicted molar refractivity (Wildman–Crippen MR) is 73.2 cm³/mol. The first kappa shape index (κ1) is 13.5. The summed E-state index contributed by atoms with van der Waals surface area (Å²) in [5, 5.41) is 13.7. The maximum Gasteiger partial charge on any atom is 0.294 e. The summed E-state index contributed by atoms with van der Waals surface area (Å²) in [6.45, 7) is 6.24. The molecular weight excluding hydrogens is 256 g/mol. The van der Waals surface area contributed by atoms with Crippen molar-refractivity contribution >= 4 is 5.91 Å². The first-order valence-electron chi connectivity index (χ1n) is 7.27. The SMILES string of the molecule is CC(C)(C)n1cnc(C(=O)N2C3CCC2C(CO)C3)n1. The molecule has 3 unspecified atom stereocenters. The highest BCUT2D eigenvalue weighted by Crippen LogP contribution is 2.41. The topological polar surface area (TPSA) is 71.2 Å². The van der Waals surface area contributed by atoms with Crippen molar-refractivity contribution in [1.29, 1.82) is 0 Å². The molecule has 0 spiro atoms. The number of aromatic nitrogens is 3. The van der Waals surface area contributed by atoms with E-state index in [0.717, 1.165) is 19.3 Å². The average molecular weight is 278 g/mol. The third kappa shape index (κ3) is 2.02. The molecule has 1 N–H and O–H groups in total. The van der Waals surface area contributed by atoms with E-state index in [1.54, 1.807) is 11.0 Å². The lowest BCUT2D eigenvalue weighted by molar-refractivity contribution is 0.0694. The van der Waals surface area contributed by atoms with Gasteiger partial charge in [-0.1, -0.05) is 0 Å². The fraction of sp³-hybridized carbons (Fsp3) is 0.786. The van der Waals surface area contributed by atoms with Gasteiger partial charge in [-0.3, -0.25) is 4.79 Å². The van der Waals surface area contributed by atoms with E-state index in [-0.39, 0.29) is 41.9 Å². The van der Waals surface area contributed by atoms with E-state index in [1.165, 1.54) is 0 Å². The molecule has 3 heterocycles. The van der Waals surface area contributed by atoms with Gasteiger partial charge in [0.25, 0.3) is 5.91 Å². The molecule has 0 radical (unpaired) electrons. The van der Waals surface area contributed by atoms with Gasteiger partial charge in [0.2, 0.25) is 5.82 Å². The first-order valence-corrected chi connectivity index (χ1v) is 7.27. The number of fused-ring (bicyclic) bond motifs is 2. The highest BCUT2D eigenvalue weighted by molar-refractivity contribution is 5.91. The van der Waals surface area contributed by atoms with Crippen LogP contribution in [0.5, 0.6) is 0 Å². The molecule has 3 rings (SSSR count). The van der Waals surface area contributed by atoms with Gasteiger partial charge >= 0.3 is 0 Å². The predicted octanol–water partition coefficient (Wildman–Crippen LogP) is 1.02. The molecule has 2 bridgehead atoms. The number of nitrogens with zero attached hydrogens (tertiary/aromatic N) is 4. The zero-order chi connectivity index (χ0) is 14.5. The molecule has 6 nitrogen and oxygen atoms in total. The van der Waals surface area contributed by atoms with Crippen LogP contribution < -0.4 is 0 Å². The van der Waals surface area contributed by atoms with E-state index in [2.05, 4.69) is 10.1 Å². The molecule has 1 amide bonds.